The molecule has 0 radical (unpaired) electrons. The molecule has 3 N–H and O–H groups in total. The first-order valence-corrected chi connectivity index (χ1v) is 8.29. The summed E-state index contributed by atoms with van der Waals surface area (Å²) in [5.41, 5.74) is 8.90. The van der Waals surface area contributed by atoms with Crippen LogP contribution in [0.1, 0.15) is 18.4 Å². The van der Waals surface area contributed by atoms with Gasteiger partial charge < -0.3 is 16.0 Å². The van der Waals surface area contributed by atoms with E-state index in [-0.39, 0.29) is 18.3 Å². The SMILES string of the molecule is Cl.NC1Cc2cc(N(CCCCl)CCCCl)ccc2NC1=O. The first kappa shape index (κ1) is 19.4. The fraction of sp³-hybridized carbons (Fsp3) is 0.533. The average molecular weight is 367 g/mol. The summed E-state index contributed by atoms with van der Waals surface area (Å²) in [4.78, 5) is 13.9. The Bertz CT molecular complexity index is 491. The molecule has 2 rings (SSSR count). The van der Waals surface area contributed by atoms with E-state index in [2.05, 4.69) is 16.3 Å². The molecule has 22 heavy (non-hydrogen) atoms. The van der Waals surface area contributed by atoms with E-state index in [0.717, 1.165) is 42.9 Å². The number of nitrogens with one attached hydrogen (secondary N) is 1. The van der Waals surface area contributed by atoms with Crippen molar-refractivity contribution < 1.29 is 4.79 Å². The molecule has 0 aliphatic carbocycles. The van der Waals surface area contributed by atoms with Gasteiger partial charge in [-0.25, -0.2) is 0 Å². The number of amides is 1. The second-order valence-corrected chi connectivity index (χ2v) is 5.97. The van der Waals surface area contributed by atoms with Gasteiger partial charge in [0.2, 0.25) is 5.91 Å². The summed E-state index contributed by atoms with van der Waals surface area (Å²) in [6.07, 6.45) is 2.43. The van der Waals surface area contributed by atoms with Gasteiger partial charge in [-0.2, -0.15) is 0 Å². The number of anilines is 2. The minimum atomic E-state index is -0.466. The number of rotatable bonds is 7. The van der Waals surface area contributed by atoms with Gasteiger partial charge in [-0.05, 0) is 43.0 Å². The van der Waals surface area contributed by atoms with Crippen LogP contribution in [0.4, 0.5) is 11.4 Å². The molecule has 1 aromatic rings. The summed E-state index contributed by atoms with van der Waals surface area (Å²) in [7, 11) is 0. The summed E-state index contributed by atoms with van der Waals surface area (Å²) < 4.78 is 0. The zero-order chi connectivity index (χ0) is 15.2. The number of fused-ring (bicyclic) bond motifs is 1. The molecule has 7 heteroatoms. The second-order valence-electron chi connectivity index (χ2n) is 5.21. The Morgan fingerprint density at radius 1 is 1.23 bits per heavy atom. The van der Waals surface area contributed by atoms with Crippen molar-refractivity contribution in [2.45, 2.75) is 25.3 Å². The van der Waals surface area contributed by atoms with Gasteiger partial charge in [0.25, 0.3) is 0 Å². The highest BCUT2D eigenvalue weighted by Gasteiger charge is 2.23. The second kappa shape index (κ2) is 9.46. The maximum Gasteiger partial charge on any atom is 0.241 e. The Morgan fingerprint density at radius 2 is 1.86 bits per heavy atom. The van der Waals surface area contributed by atoms with Crippen LogP contribution in [0.3, 0.4) is 0 Å². The molecule has 0 bridgehead atoms. The smallest absolute Gasteiger partial charge is 0.241 e. The Hall–Kier alpha value is -0.680. The Balaban J connectivity index is 0.00000242. The fourth-order valence-electron chi connectivity index (χ4n) is 2.49. The van der Waals surface area contributed by atoms with E-state index < -0.39 is 6.04 Å². The van der Waals surface area contributed by atoms with Crippen molar-refractivity contribution in [3.8, 4) is 0 Å². The van der Waals surface area contributed by atoms with Gasteiger partial charge in [0.15, 0.2) is 0 Å². The number of hydrogen-bond donors (Lipinski definition) is 2. The maximum absolute atomic E-state index is 11.6. The Morgan fingerprint density at radius 3 is 2.45 bits per heavy atom. The number of alkyl halides is 2. The van der Waals surface area contributed by atoms with Crippen LogP contribution in [0, 0.1) is 0 Å². The van der Waals surface area contributed by atoms with Gasteiger partial charge in [-0.1, -0.05) is 0 Å². The molecule has 0 spiro atoms. The van der Waals surface area contributed by atoms with Gasteiger partial charge >= 0.3 is 0 Å². The van der Waals surface area contributed by atoms with Crippen LogP contribution in [0.5, 0.6) is 0 Å². The predicted octanol–water partition coefficient (Wildman–Crippen LogP) is 2.99. The Kier molecular flexibility index (Phi) is 8.33. The average Bonchev–Trinajstić information content (AvgIpc) is 2.48. The molecule has 124 valence electrons. The molecule has 1 atom stereocenters. The van der Waals surface area contributed by atoms with Crippen LogP contribution < -0.4 is 16.0 Å². The van der Waals surface area contributed by atoms with Crippen molar-refractivity contribution in [2.75, 3.05) is 35.1 Å². The number of hydrogen-bond acceptors (Lipinski definition) is 3. The van der Waals surface area contributed by atoms with Crippen LogP contribution >= 0.6 is 35.6 Å². The highest BCUT2D eigenvalue weighted by Crippen LogP contribution is 2.27. The van der Waals surface area contributed by atoms with Gasteiger partial charge in [0, 0.05) is 36.2 Å². The normalized spacial score (nSPS) is 16.5. The monoisotopic (exact) mass is 365 g/mol. The number of benzene rings is 1. The molecule has 1 unspecified atom stereocenters. The lowest BCUT2D eigenvalue weighted by Gasteiger charge is -2.28. The van der Waals surface area contributed by atoms with Crippen molar-refractivity contribution in [3.63, 3.8) is 0 Å². The van der Waals surface area contributed by atoms with E-state index in [9.17, 15) is 4.79 Å². The summed E-state index contributed by atoms with van der Waals surface area (Å²) >= 11 is 11.6. The lowest BCUT2D eigenvalue weighted by molar-refractivity contribution is -0.117. The number of carbonyl (C=O) groups excluding carboxylic acids is 1. The fourth-order valence-corrected chi connectivity index (χ4v) is 2.73. The van der Waals surface area contributed by atoms with E-state index in [0.29, 0.717) is 18.2 Å². The third kappa shape index (κ3) is 4.92. The minimum absolute atomic E-state index is 0. The largest absolute Gasteiger partial charge is 0.371 e. The summed E-state index contributed by atoms with van der Waals surface area (Å²) in [6.45, 7) is 1.80. The van der Waals surface area contributed by atoms with Crippen molar-refractivity contribution in [1.29, 1.82) is 0 Å². The number of carbonyl (C=O) groups is 1. The van der Waals surface area contributed by atoms with Crippen LogP contribution in [0.25, 0.3) is 0 Å². The summed E-state index contributed by atoms with van der Waals surface area (Å²) in [5, 5.41) is 2.84. The van der Waals surface area contributed by atoms with Crippen molar-refractivity contribution in [3.05, 3.63) is 23.8 Å². The number of nitrogens with two attached hydrogens (primary N) is 1. The van der Waals surface area contributed by atoms with E-state index in [4.69, 9.17) is 28.9 Å². The predicted molar refractivity (Wildman–Crippen MR) is 96.9 cm³/mol. The van der Waals surface area contributed by atoms with Crippen LogP contribution in [-0.2, 0) is 11.2 Å². The molecule has 0 saturated carbocycles. The topological polar surface area (TPSA) is 58.4 Å². The van der Waals surface area contributed by atoms with Gasteiger partial charge in [-0.15, -0.1) is 35.6 Å². The third-order valence-electron chi connectivity index (χ3n) is 3.61. The van der Waals surface area contributed by atoms with E-state index in [1.165, 1.54) is 0 Å². The van der Waals surface area contributed by atoms with E-state index >= 15 is 0 Å². The first-order valence-electron chi connectivity index (χ1n) is 7.22. The molecule has 0 aromatic heterocycles. The molecule has 0 saturated heterocycles. The molecule has 4 nitrogen and oxygen atoms in total. The maximum atomic E-state index is 11.6. The molecular formula is C15H22Cl3N3O. The standard InChI is InChI=1S/C15H21Cl2N3O.ClH/c16-5-1-7-20(8-2-6-17)12-3-4-14-11(9-12)10-13(18)15(21)19-14;/h3-4,9,13H,1-2,5-8,10,18H2,(H,19,21);1H. The lowest BCUT2D eigenvalue weighted by Crippen LogP contribution is -2.41. The van der Waals surface area contributed by atoms with Crippen molar-refractivity contribution in [2.24, 2.45) is 5.73 Å². The van der Waals surface area contributed by atoms with Gasteiger partial charge in [0.1, 0.15) is 0 Å². The molecule has 1 aromatic carbocycles. The van der Waals surface area contributed by atoms with Crippen LogP contribution in [0.2, 0.25) is 0 Å². The number of nitrogens with zero attached hydrogens (tertiary/aromatic N) is 1. The summed E-state index contributed by atoms with van der Waals surface area (Å²) in [6, 6.07) is 5.62. The third-order valence-corrected chi connectivity index (χ3v) is 4.15. The van der Waals surface area contributed by atoms with Crippen molar-refractivity contribution >= 4 is 52.9 Å². The van der Waals surface area contributed by atoms with Gasteiger partial charge in [-0.3, -0.25) is 4.79 Å². The van der Waals surface area contributed by atoms with Crippen LogP contribution in [-0.4, -0.2) is 36.8 Å². The lowest BCUT2D eigenvalue weighted by atomic mass is 9.98. The summed E-state index contributed by atoms with van der Waals surface area (Å²) in [5.74, 6) is 1.17. The minimum Gasteiger partial charge on any atom is -0.371 e. The first-order chi connectivity index (χ1) is 10.2. The molecule has 1 heterocycles. The van der Waals surface area contributed by atoms with Crippen LogP contribution in [0.15, 0.2) is 18.2 Å². The quantitative estimate of drug-likeness (QED) is 0.729. The zero-order valence-corrected chi connectivity index (χ0v) is 14.7. The number of halogens is 3. The highest BCUT2D eigenvalue weighted by molar-refractivity contribution is 6.18. The van der Waals surface area contributed by atoms with E-state index in [1.807, 2.05) is 12.1 Å². The molecule has 1 aliphatic rings. The van der Waals surface area contributed by atoms with Crippen molar-refractivity contribution in [1.82, 2.24) is 0 Å². The Labute approximate surface area is 147 Å². The van der Waals surface area contributed by atoms with Gasteiger partial charge in [0.05, 0.1) is 6.04 Å². The van der Waals surface area contributed by atoms with E-state index in [1.54, 1.807) is 0 Å². The zero-order valence-electron chi connectivity index (χ0n) is 12.4. The molecule has 1 aliphatic heterocycles. The molecule has 1 amide bonds. The molecular weight excluding hydrogens is 345 g/mol. The molecule has 0 fully saturated rings. The highest BCUT2D eigenvalue weighted by atomic mass is 35.5.